The minimum Gasteiger partial charge on any atom is -0.348 e. The number of carbonyl (C=O) groups excluding carboxylic acids is 1. The molecule has 3 nitrogen and oxygen atoms in total. The molecule has 0 heterocycles. The molecule has 0 aromatic heterocycles. The van der Waals surface area contributed by atoms with Crippen molar-refractivity contribution in [3.63, 3.8) is 0 Å². The normalized spacial score (nSPS) is 12.3. The lowest BCUT2D eigenvalue weighted by Crippen LogP contribution is -2.33. The van der Waals surface area contributed by atoms with Gasteiger partial charge in [-0.25, -0.2) is 0 Å². The van der Waals surface area contributed by atoms with Gasteiger partial charge in [0.1, 0.15) is 0 Å². The average Bonchev–Trinajstić information content (AvgIpc) is 2.38. The van der Waals surface area contributed by atoms with Gasteiger partial charge in [0.15, 0.2) is 0 Å². The smallest absolute Gasteiger partial charge is 0.234 e. The summed E-state index contributed by atoms with van der Waals surface area (Å²) in [7, 11) is 1.77. The first kappa shape index (κ1) is 12.6. The van der Waals surface area contributed by atoms with E-state index in [4.69, 9.17) is 0 Å². The number of rotatable bonds is 4. The van der Waals surface area contributed by atoms with Crippen LogP contribution in [0, 0.1) is 0 Å². The van der Waals surface area contributed by atoms with Crippen LogP contribution in [0.2, 0.25) is 0 Å². The molecule has 2 N–H and O–H groups in total. The van der Waals surface area contributed by atoms with Crippen molar-refractivity contribution in [2.45, 2.75) is 13.0 Å². The van der Waals surface area contributed by atoms with Crippen molar-refractivity contribution in [1.29, 1.82) is 0 Å². The third-order valence-corrected chi connectivity index (χ3v) is 3.00. The minimum atomic E-state index is 0.0111. The molecule has 0 aliphatic rings. The third-order valence-electron chi connectivity index (χ3n) is 3.00. The fraction of sp³-hybridized carbons (Fsp3) is 0.267. The minimum absolute atomic E-state index is 0.0111. The molecule has 0 saturated carbocycles. The summed E-state index contributed by atoms with van der Waals surface area (Å²) in [5.41, 5.74) is 1.15. The maximum Gasteiger partial charge on any atom is 0.234 e. The van der Waals surface area contributed by atoms with E-state index < -0.39 is 0 Å². The Kier molecular flexibility index (Phi) is 3.95. The lowest BCUT2D eigenvalue weighted by atomic mass is 10.00. The summed E-state index contributed by atoms with van der Waals surface area (Å²) in [6.07, 6.45) is 0. The molecule has 0 aliphatic carbocycles. The number of amides is 1. The van der Waals surface area contributed by atoms with Crippen molar-refractivity contribution < 1.29 is 4.79 Å². The maximum atomic E-state index is 11.6. The van der Waals surface area contributed by atoms with Crippen LogP contribution in [0.1, 0.15) is 18.5 Å². The van der Waals surface area contributed by atoms with Gasteiger partial charge in [0, 0.05) is 0 Å². The first-order valence-corrected chi connectivity index (χ1v) is 6.14. The zero-order valence-electron chi connectivity index (χ0n) is 10.7. The second-order valence-electron chi connectivity index (χ2n) is 4.39. The van der Waals surface area contributed by atoms with Gasteiger partial charge in [-0.15, -0.1) is 0 Å². The van der Waals surface area contributed by atoms with E-state index in [1.54, 1.807) is 7.05 Å². The van der Waals surface area contributed by atoms with Crippen LogP contribution in [0.4, 0.5) is 0 Å². The summed E-state index contributed by atoms with van der Waals surface area (Å²) in [6, 6.07) is 14.4. The van der Waals surface area contributed by atoms with Crippen LogP contribution in [-0.4, -0.2) is 19.5 Å². The van der Waals surface area contributed by atoms with Gasteiger partial charge in [-0.3, -0.25) is 4.79 Å². The molecule has 0 bridgehead atoms. The van der Waals surface area contributed by atoms with E-state index in [9.17, 15) is 4.79 Å². The average molecular weight is 242 g/mol. The van der Waals surface area contributed by atoms with Crippen LogP contribution < -0.4 is 10.6 Å². The number of likely N-dealkylation sites (N-methyl/N-ethyl adjacent to an activating group) is 1. The molecule has 94 valence electrons. The van der Waals surface area contributed by atoms with Crippen molar-refractivity contribution in [2.24, 2.45) is 0 Å². The number of carbonyl (C=O) groups is 1. The topological polar surface area (TPSA) is 41.1 Å². The van der Waals surface area contributed by atoms with E-state index in [0.29, 0.717) is 6.54 Å². The van der Waals surface area contributed by atoms with Crippen molar-refractivity contribution in [2.75, 3.05) is 13.6 Å². The fourth-order valence-corrected chi connectivity index (χ4v) is 2.16. The number of hydrogen-bond acceptors (Lipinski definition) is 2. The van der Waals surface area contributed by atoms with E-state index in [-0.39, 0.29) is 11.9 Å². The molecule has 0 aliphatic heterocycles. The van der Waals surface area contributed by atoms with Crippen LogP contribution >= 0.6 is 0 Å². The standard InChI is InChI=1S/C15H18N2O/c1-11(17-15(18)10-16-2)13-9-5-7-12-6-3-4-8-14(12)13/h3-9,11,16H,10H2,1-2H3,(H,17,18). The van der Waals surface area contributed by atoms with Gasteiger partial charge in [-0.1, -0.05) is 42.5 Å². The first-order valence-electron chi connectivity index (χ1n) is 6.14. The van der Waals surface area contributed by atoms with Crippen molar-refractivity contribution >= 4 is 16.7 Å². The molecule has 1 amide bonds. The van der Waals surface area contributed by atoms with E-state index in [0.717, 1.165) is 5.56 Å². The Morgan fingerprint density at radius 3 is 2.67 bits per heavy atom. The van der Waals surface area contributed by atoms with Gasteiger partial charge in [-0.05, 0) is 30.3 Å². The van der Waals surface area contributed by atoms with E-state index in [2.05, 4.69) is 34.9 Å². The number of nitrogens with one attached hydrogen (secondary N) is 2. The summed E-state index contributed by atoms with van der Waals surface area (Å²) in [5, 5.41) is 8.23. The molecular formula is C15H18N2O. The molecule has 18 heavy (non-hydrogen) atoms. The zero-order chi connectivity index (χ0) is 13.0. The molecular weight excluding hydrogens is 224 g/mol. The SMILES string of the molecule is CNCC(=O)NC(C)c1cccc2ccccc12. The van der Waals surface area contributed by atoms with E-state index in [1.807, 2.05) is 25.1 Å². The third kappa shape index (κ3) is 2.68. The Balaban J connectivity index is 2.27. The lowest BCUT2D eigenvalue weighted by molar-refractivity contribution is -0.120. The van der Waals surface area contributed by atoms with Crippen molar-refractivity contribution in [3.8, 4) is 0 Å². The Labute approximate surface area is 107 Å². The maximum absolute atomic E-state index is 11.6. The molecule has 2 aromatic carbocycles. The first-order chi connectivity index (χ1) is 8.72. The quantitative estimate of drug-likeness (QED) is 0.863. The highest BCUT2D eigenvalue weighted by Gasteiger charge is 2.11. The number of hydrogen-bond donors (Lipinski definition) is 2. The van der Waals surface area contributed by atoms with Crippen molar-refractivity contribution in [3.05, 3.63) is 48.0 Å². The highest BCUT2D eigenvalue weighted by atomic mass is 16.1. The predicted molar refractivity (Wildman–Crippen MR) is 74.4 cm³/mol. The van der Waals surface area contributed by atoms with E-state index in [1.165, 1.54) is 10.8 Å². The highest BCUT2D eigenvalue weighted by molar-refractivity contribution is 5.87. The summed E-state index contributed by atoms with van der Waals surface area (Å²) in [4.78, 5) is 11.6. The number of fused-ring (bicyclic) bond motifs is 1. The van der Waals surface area contributed by atoms with Gasteiger partial charge < -0.3 is 10.6 Å². The van der Waals surface area contributed by atoms with Crippen LogP contribution in [0.15, 0.2) is 42.5 Å². The highest BCUT2D eigenvalue weighted by Crippen LogP contribution is 2.23. The monoisotopic (exact) mass is 242 g/mol. The summed E-state index contributed by atoms with van der Waals surface area (Å²) in [5.74, 6) is 0.0120. The summed E-state index contributed by atoms with van der Waals surface area (Å²) >= 11 is 0. The summed E-state index contributed by atoms with van der Waals surface area (Å²) < 4.78 is 0. The zero-order valence-corrected chi connectivity index (χ0v) is 10.7. The van der Waals surface area contributed by atoms with Crippen LogP contribution in [0.5, 0.6) is 0 Å². The van der Waals surface area contributed by atoms with Gasteiger partial charge in [0.2, 0.25) is 5.91 Å². The van der Waals surface area contributed by atoms with Gasteiger partial charge in [0.25, 0.3) is 0 Å². The Morgan fingerprint density at radius 2 is 1.89 bits per heavy atom. The number of benzene rings is 2. The Morgan fingerprint density at radius 1 is 1.17 bits per heavy atom. The molecule has 2 aromatic rings. The van der Waals surface area contributed by atoms with Crippen LogP contribution in [-0.2, 0) is 4.79 Å². The van der Waals surface area contributed by atoms with Gasteiger partial charge in [0.05, 0.1) is 12.6 Å². The Hall–Kier alpha value is -1.87. The predicted octanol–water partition coefficient (Wildman–Crippen LogP) is 2.24. The van der Waals surface area contributed by atoms with Gasteiger partial charge in [-0.2, -0.15) is 0 Å². The lowest BCUT2D eigenvalue weighted by Gasteiger charge is -2.16. The van der Waals surface area contributed by atoms with Crippen LogP contribution in [0.3, 0.4) is 0 Å². The molecule has 1 unspecified atom stereocenters. The molecule has 0 saturated heterocycles. The largest absolute Gasteiger partial charge is 0.348 e. The molecule has 3 heteroatoms. The van der Waals surface area contributed by atoms with Crippen molar-refractivity contribution in [1.82, 2.24) is 10.6 Å². The molecule has 1 atom stereocenters. The second kappa shape index (κ2) is 5.65. The molecule has 2 rings (SSSR count). The fourth-order valence-electron chi connectivity index (χ4n) is 2.16. The molecule has 0 radical (unpaired) electrons. The Bertz CT molecular complexity index is 546. The van der Waals surface area contributed by atoms with Crippen LogP contribution in [0.25, 0.3) is 10.8 Å². The summed E-state index contributed by atoms with van der Waals surface area (Å²) in [6.45, 7) is 2.35. The van der Waals surface area contributed by atoms with Gasteiger partial charge >= 0.3 is 0 Å². The molecule has 0 fully saturated rings. The second-order valence-corrected chi connectivity index (χ2v) is 4.39. The molecule has 0 spiro atoms. The van der Waals surface area contributed by atoms with E-state index >= 15 is 0 Å².